The Morgan fingerprint density at radius 2 is 1.68 bits per heavy atom. The molecule has 0 saturated carbocycles. The second kappa shape index (κ2) is 7.63. The van der Waals surface area contributed by atoms with Gasteiger partial charge in [-0.2, -0.15) is 0 Å². The van der Waals surface area contributed by atoms with Gasteiger partial charge in [0.2, 0.25) is 5.88 Å². The molecule has 0 bridgehead atoms. The molecule has 1 atom stereocenters. The SMILES string of the molecule is CC1CC(=NO)c2cc(-c3ccc(Cl)cc3)c(-c3ccc(Cl)cc3Cl)nc2O1. The molecule has 0 radical (unpaired) electrons. The predicted molar refractivity (Wildman–Crippen MR) is 113 cm³/mol. The average Bonchev–Trinajstić information content (AvgIpc) is 2.67. The Morgan fingerprint density at radius 1 is 0.964 bits per heavy atom. The number of pyridine rings is 1. The molecular weight excluding hydrogens is 419 g/mol. The van der Waals surface area contributed by atoms with Gasteiger partial charge in [-0.15, -0.1) is 0 Å². The highest BCUT2D eigenvalue weighted by Crippen LogP contribution is 2.40. The minimum Gasteiger partial charge on any atom is -0.474 e. The Morgan fingerprint density at radius 3 is 2.36 bits per heavy atom. The van der Waals surface area contributed by atoms with Crippen molar-refractivity contribution in [1.29, 1.82) is 0 Å². The summed E-state index contributed by atoms with van der Waals surface area (Å²) in [7, 11) is 0. The lowest BCUT2D eigenvalue weighted by atomic mass is 9.94. The molecule has 0 amide bonds. The second-order valence-corrected chi connectivity index (χ2v) is 7.83. The monoisotopic (exact) mass is 432 g/mol. The first-order valence-corrected chi connectivity index (χ1v) is 9.74. The maximum Gasteiger partial charge on any atom is 0.223 e. The van der Waals surface area contributed by atoms with Crippen molar-refractivity contribution in [2.24, 2.45) is 5.16 Å². The molecular formula is C21H15Cl3N2O2. The second-order valence-electron chi connectivity index (χ2n) is 6.55. The number of ether oxygens (including phenoxy) is 1. The highest BCUT2D eigenvalue weighted by molar-refractivity contribution is 6.36. The Labute approximate surface area is 177 Å². The lowest BCUT2D eigenvalue weighted by Gasteiger charge is -2.25. The number of hydrogen-bond acceptors (Lipinski definition) is 4. The van der Waals surface area contributed by atoms with Crippen molar-refractivity contribution in [3.05, 3.63) is 69.2 Å². The summed E-state index contributed by atoms with van der Waals surface area (Å²) >= 11 is 18.6. The number of nitrogens with zero attached hydrogens (tertiary/aromatic N) is 2. The van der Waals surface area contributed by atoms with Crippen LogP contribution in [0, 0.1) is 0 Å². The number of oxime groups is 1. The smallest absolute Gasteiger partial charge is 0.223 e. The zero-order valence-electron chi connectivity index (χ0n) is 14.8. The molecule has 4 rings (SSSR count). The fourth-order valence-electron chi connectivity index (χ4n) is 3.24. The molecule has 2 heterocycles. The summed E-state index contributed by atoms with van der Waals surface area (Å²) in [6.45, 7) is 1.90. The van der Waals surface area contributed by atoms with Crippen LogP contribution < -0.4 is 4.74 Å². The quantitative estimate of drug-likeness (QED) is 0.360. The highest BCUT2D eigenvalue weighted by atomic mass is 35.5. The van der Waals surface area contributed by atoms with Gasteiger partial charge in [0.05, 0.1) is 22.0 Å². The van der Waals surface area contributed by atoms with Crippen molar-refractivity contribution < 1.29 is 9.94 Å². The third kappa shape index (κ3) is 3.55. The Hall–Kier alpha value is -2.27. The molecule has 7 heteroatoms. The molecule has 1 aliphatic rings. The van der Waals surface area contributed by atoms with E-state index in [0.717, 1.165) is 16.7 Å². The summed E-state index contributed by atoms with van der Waals surface area (Å²) in [4.78, 5) is 4.75. The van der Waals surface area contributed by atoms with Gasteiger partial charge in [-0.3, -0.25) is 0 Å². The van der Waals surface area contributed by atoms with Crippen molar-refractivity contribution in [3.8, 4) is 28.3 Å². The zero-order chi connectivity index (χ0) is 19.8. The molecule has 0 saturated heterocycles. The van der Waals surface area contributed by atoms with Gasteiger partial charge in [-0.1, -0.05) is 52.1 Å². The molecule has 28 heavy (non-hydrogen) atoms. The van der Waals surface area contributed by atoms with Crippen molar-refractivity contribution in [2.45, 2.75) is 19.4 Å². The highest BCUT2D eigenvalue weighted by Gasteiger charge is 2.27. The van der Waals surface area contributed by atoms with Crippen molar-refractivity contribution in [2.75, 3.05) is 0 Å². The van der Waals surface area contributed by atoms with Crippen LogP contribution in [-0.2, 0) is 0 Å². The molecule has 1 aromatic heterocycles. The number of halogens is 3. The molecule has 1 aliphatic heterocycles. The number of fused-ring (bicyclic) bond motifs is 1. The van der Waals surface area contributed by atoms with Gasteiger partial charge in [-0.25, -0.2) is 4.98 Å². The lowest BCUT2D eigenvalue weighted by Crippen LogP contribution is -2.25. The van der Waals surface area contributed by atoms with Gasteiger partial charge >= 0.3 is 0 Å². The van der Waals surface area contributed by atoms with Gasteiger partial charge in [-0.05, 0) is 48.9 Å². The van der Waals surface area contributed by atoms with Gasteiger partial charge in [0.15, 0.2) is 0 Å². The summed E-state index contributed by atoms with van der Waals surface area (Å²) in [6.07, 6.45) is 0.340. The van der Waals surface area contributed by atoms with E-state index in [2.05, 4.69) is 5.16 Å². The van der Waals surface area contributed by atoms with Crippen LogP contribution in [-0.4, -0.2) is 22.0 Å². The van der Waals surface area contributed by atoms with E-state index in [1.165, 1.54) is 0 Å². The van der Waals surface area contributed by atoms with Gasteiger partial charge < -0.3 is 9.94 Å². The molecule has 3 aromatic rings. The van der Waals surface area contributed by atoms with Crippen molar-refractivity contribution in [3.63, 3.8) is 0 Å². The topological polar surface area (TPSA) is 54.7 Å². The van der Waals surface area contributed by atoms with E-state index in [4.69, 9.17) is 44.5 Å². The van der Waals surface area contributed by atoms with E-state index in [9.17, 15) is 5.21 Å². The fraction of sp³-hybridized carbons (Fsp3) is 0.143. The first kappa shape index (κ1) is 19.1. The maximum absolute atomic E-state index is 9.47. The largest absolute Gasteiger partial charge is 0.474 e. The molecule has 2 aromatic carbocycles. The fourth-order valence-corrected chi connectivity index (χ4v) is 3.86. The molecule has 142 valence electrons. The summed E-state index contributed by atoms with van der Waals surface area (Å²) in [5, 5.41) is 14.6. The predicted octanol–water partition coefficient (Wildman–Crippen LogP) is 6.73. The number of benzene rings is 2. The van der Waals surface area contributed by atoms with E-state index >= 15 is 0 Å². The van der Waals surface area contributed by atoms with E-state index in [1.54, 1.807) is 12.1 Å². The third-order valence-electron chi connectivity index (χ3n) is 4.55. The van der Waals surface area contributed by atoms with Crippen LogP contribution in [0.25, 0.3) is 22.4 Å². The minimum absolute atomic E-state index is 0.152. The number of hydrogen-bond donors (Lipinski definition) is 1. The third-order valence-corrected chi connectivity index (χ3v) is 5.35. The van der Waals surface area contributed by atoms with Crippen LogP contribution in [0.15, 0.2) is 53.7 Å². The molecule has 1 N–H and O–H groups in total. The van der Waals surface area contributed by atoms with Gasteiger partial charge in [0, 0.05) is 27.6 Å². The first-order valence-electron chi connectivity index (χ1n) is 8.60. The Balaban J connectivity index is 2.00. The van der Waals surface area contributed by atoms with Crippen LogP contribution in [0.3, 0.4) is 0 Å². The summed E-state index contributed by atoms with van der Waals surface area (Å²) in [5.41, 5.74) is 4.28. The minimum atomic E-state index is -0.152. The maximum atomic E-state index is 9.47. The lowest BCUT2D eigenvalue weighted by molar-refractivity contribution is 0.209. The zero-order valence-corrected chi connectivity index (χ0v) is 17.1. The van der Waals surface area contributed by atoms with Crippen molar-refractivity contribution in [1.82, 2.24) is 4.98 Å². The molecule has 0 spiro atoms. The summed E-state index contributed by atoms with van der Waals surface area (Å²) < 4.78 is 5.91. The Bertz CT molecular complexity index is 1080. The first-order chi connectivity index (χ1) is 13.5. The van der Waals surface area contributed by atoms with Crippen LogP contribution in [0.5, 0.6) is 5.88 Å². The summed E-state index contributed by atoms with van der Waals surface area (Å²) in [5.74, 6) is 0.408. The van der Waals surface area contributed by atoms with Crippen LogP contribution in [0.2, 0.25) is 15.1 Å². The van der Waals surface area contributed by atoms with Crippen LogP contribution in [0.4, 0.5) is 0 Å². The molecule has 0 fully saturated rings. The van der Waals surface area contributed by atoms with Crippen molar-refractivity contribution >= 4 is 40.5 Å². The number of aromatic nitrogens is 1. The Kier molecular flexibility index (Phi) is 5.19. The normalized spacial score (nSPS) is 17.3. The standard InChI is InChI=1S/C21H15Cl3N2O2/c1-11-8-19(26-27)17-10-16(12-2-4-13(22)5-3-12)20(25-21(17)28-11)15-7-6-14(23)9-18(15)24/h2-7,9-11,27H,8H2,1H3. The molecule has 0 aliphatic carbocycles. The van der Waals surface area contributed by atoms with Crippen LogP contribution in [0.1, 0.15) is 18.9 Å². The summed E-state index contributed by atoms with van der Waals surface area (Å²) in [6, 6.07) is 14.6. The van der Waals surface area contributed by atoms with E-state index in [1.807, 2.05) is 43.3 Å². The average molecular weight is 434 g/mol. The van der Waals surface area contributed by atoms with E-state index < -0.39 is 0 Å². The van der Waals surface area contributed by atoms with E-state index in [-0.39, 0.29) is 6.10 Å². The molecule has 4 nitrogen and oxygen atoms in total. The number of rotatable bonds is 2. The van der Waals surface area contributed by atoms with Gasteiger partial charge in [0.1, 0.15) is 6.10 Å². The molecule has 1 unspecified atom stereocenters. The van der Waals surface area contributed by atoms with Gasteiger partial charge in [0.25, 0.3) is 0 Å². The van der Waals surface area contributed by atoms with E-state index in [0.29, 0.717) is 44.3 Å². The van der Waals surface area contributed by atoms with Crippen LogP contribution >= 0.6 is 34.8 Å².